The van der Waals surface area contributed by atoms with Gasteiger partial charge in [0.15, 0.2) is 0 Å². The van der Waals surface area contributed by atoms with E-state index in [-0.39, 0.29) is 0 Å². The summed E-state index contributed by atoms with van der Waals surface area (Å²) in [5.41, 5.74) is 1.01. The van der Waals surface area contributed by atoms with Crippen LogP contribution in [0.5, 0.6) is 0 Å². The van der Waals surface area contributed by atoms with Gasteiger partial charge in [-0.05, 0) is 17.9 Å². The van der Waals surface area contributed by atoms with Crippen LogP contribution in [-0.4, -0.2) is 18.2 Å². The number of rotatable bonds is 10. The fourth-order valence-corrected chi connectivity index (χ4v) is 2.22. The number of aliphatic hydroxyl groups is 1. The average molecular weight is 294 g/mol. The fraction of sp³-hybridized carbons (Fsp3) is 0.611. The van der Waals surface area contributed by atoms with Gasteiger partial charge in [-0.1, -0.05) is 76.3 Å². The zero-order valence-electron chi connectivity index (χ0n) is 13.5. The van der Waals surface area contributed by atoms with E-state index in [2.05, 4.69) is 18.6 Å². The molecule has 0 aliphatic heterocycles. The quantitative estimate of drug-likeness (QED) is 0.653. The first-order chi connectivity index (χ1) is 10.3. The lowest BCUT2D eigenvalue weighted by Crippen LogP contribution is -2.02. The largest absolute Gasteiger partial charge is 0.463 e. The molecule has 0 bridgehead atoms. The Bertz CT molecular complexity index is 318. The minimum Gasteiger partial charge on any atom is -0.463 e. The number of benzene rings is 1. The standard InChI is InChI=1S/C10H22O.C8H8O2/c1-3-5-7-10(6-4-2)8-9-11;9-7-10-6-8-4-2-1-3-5-8/h10-11H,3-9H2,1-2H3;1-5,7H,6H2. The van der Waals surface area contributed by atoms with Gasteiger partial charge in [0, 0.05) is 6.61 Å². The first-order valence-corrected chi connectivity index (χ1v) is 7.98. The van der Waals surface area contributed by atoms with E-state index in [1.54, 1.807) is 0 Å². The van der Waals surface area contributed by atoms with Crippen LogP contribution in [0.4, 0.5) is 0 Å². The first kappa shape index (κ1) is 19.7. The molecule has 1 N–H and O–H groups in total. The maximum Gasteiger partial charge on any atom is 0.293 e. The van der Waals surface area contributed by atoms with E-state index in [0.29, 0.717) is 19.7 Å². The zero-order valence-corrected chi connectivity index (χ0v) is 13.5. The predicted octanol–water partition coefficient (Wildman–Crippen LogP) is 4.33. The van der Waals surface area contributed by atoms with Crippen molar-refractivity contribution in [3.05, 3.63) is 35.9 Å². The van der Waals surface area contributed by atoms with E-state index in [4.69, 9.17) is 5.11 Å². The second-order valence-corrected chi connectivity index (χ2v) is 5.20. The molecule has 3 nitrogen and oxygen atoms in total. The molecular weight excluding hydrogens is 264 g/mol. The maximum atomic E-state index is 9.76. The van der Waals surface area contributed by atoms with E-state index >= 15 is 0 Å². The first-order valence-electron chi connectivity index (χ1n) is 7.98. The number of ether oxygens (including phenoxy) is 1. The molecule has 1 aromatic rings. The van der Waals surface area contributed by atoms with Crippen molar-refractivity contribution >= 4 is 6.47 Å². The summed E-state index contributed by atoms with van der Waals surface area (Å²) in [6.07, 6.45) is 7.48. The smallest absolute Gasteiger partial charge is 0.293 e. The van der Waals surface area contributed by atoms with Gasteiger partial charge in [-0.2, -0.15) is 0 Å². The molecule has 0 saturated carbocycles. The van der Waals surface area contributed by atoms with Gasteiger partial charge < -0.3 is 9.84 Å². The van der Waals surface area contributed by atoms with Crippen LogP contribution >= 0.6 is 0 Å². The summed E-state index contributed by atoms with van der Waals surface area (Å²) in [5, 5.41) is 8.76. The molecule has 0 saturated heterocycles. The Morgan fingerprint density at radius 3 is 2.33 bits per heavy atom. The topological polar surface area (TPSA) is 46.5 Å². The van der Waals surface area contributed by atoms with Crippen molar-refractivity contribution in [2.45, 2.75) is 59.0 Å². The number of unbranched alkanes of at least 4 members (excludes halogenated alkanes) is 1. The van der Waals surface area contributed by atoms with E-state index in [9.17, 15) is 4.79 Å². The molecule has 21 heavy (non-hydrogen) atoms. The molecule has 1 unspecified atom stereocenters. The van der Waals surface area contributed by atoms with Crippen LogP contribution in [0.25, 0.3) is 0 Å². The fourth-order valence-electron chi connectivity index (χ4n) is 2.22. The van der Waals surface area contributed by atoms with Crippen molar-refractivity contribution in [2.75, 3.05) is 6.61 Å². The third-order valence-corrected chi connectivity index (χ3v) is 3.36. The highest BCUT2D eigenvalue weighted by atomic mass is 16.5. The summed E-state index contributed by atoms with van der Waals surface area (Å²) in [5.74, 6) is 0.782. The van der Waals surface area contributed by atoms with Crippen molar-refractivity contribution in [1.29, 1.82) is 0 Å². The Hall–Kier alpha value is -1.35. The normalized spacial score (nSPS) is 11.2. The molecule has 0 heterocycles. The monoisotopic (exact) mass is 294 g/mol. The van der Waals surface area contributed by atoms with Crippen LogP contribution in [0, 0.1) is 5.92 Å². The second kappa shape index (κ2) is 15.0. The van der Waals surface area contributed by atoms with Crippen molar-refractivity contribution in [1.82, 2.24) is 0 Å². The summed E-state index contributed by atoms with van der Waals surface area (Å²) in [6.45, 7) is 5.63. The Morgan fingerprint density at radius 1 is 1.10 bits per heavy atom. The Labute approximate surface area is 129 Å². The van der Waals surface area contributed by atoms with E-state index in [1.807, 2.05) is 30.3 Å². The molecule has 120 valence electrons. The lowest BCUT2D eigenvalue weighted by Gasteiger charge is -2.13. The SMILES string of the molecule is CCCCC(CCC)CCO.O=COCc1ccccc1. The van der Waals surface area contributed by atoms with Crippen molar-refractivity contribution in [3.8, 4) is 0 Å². The molecule has 0 radical (unpaired) electrons. The van der Waals surface area contributed by atoms with Gasteiger partial charge in [0.2, 0.25) is 0 Å². The van der Waals surface area contributed by atoms with Crippen molar-refractivity contribution < 1.29 is 14.6 Å². The molecule has 0 fully saturated rings. The Morgan fingerprint density at radius 2 is 1.81 bits per heavy atom. The highest BCUT2D eigenvalue weighted by molar-refractivity contribution is 5.37. The second-order valence-electron chi connectivity index (χ2n) is 5.20. The summed E-state index contributed by atoms with van der Waals surface area (Å²) in [7, 11) is 0. The summed E-state index contributed by atoms with van der Waals surface area (Å²) in [6, 6.07) is 9.55. The van der Waals surface area contributed by atoms with Gasteiger partial charge in [-0.15, -0.1) is 0 Å². The molecule has 1 atom stereocenters. The highest BCUT2D eigenvalue weighted by Crippen LogP contribution is 2.17. The predicted molar refractivity (Wildman–Crippen MR) is 86.9 cm³/mol. The van der Waals surface area contributed by atoms with Gasteiger partial charge in [0.1, 0.15) is 6.61 Å². The van der Waals surface area contributed by atoms with Crippen molar-refractivity contribution in [2.24, 2.45) is 5.92 Å². The van der Waals surface area contributed by atoms with E-state index in [1.165, 1.54) is 32.1 Å². The Balaban J connectivity index is 0.000000382. The summed E-state index contributed by atoms with van der Waals surface area (Å²) < 4.78 is 4.54. The molecule has 0 aliphatic carbocycles. The molecule has 0 amide bonds. The molecule has 3 heteroatoms. The van der Waals surface area contributed by atoms with E-state index in [0.717, 1.165) is 17.9 Å². The number of aliphatic hydroxyl groups excluding tert-OH is 1. The average Bonchev–Trinajstić information content (AvgIpc) is 2.53. The van der Waals surface area contributed by atoms with Crippen LogP contribution < -0.4 is 0 Å². The van der Waals surface area contributed by atoms with Gasteiger partial charge in [-0.25, -0.2) is 0 Å². The van der Waals surface area contributed by atoms with Crippen molar-refractivity contribution in [3.63, 3.8) is 0 Å². The number of hydrogen-bond acceptors (Lipinski definition) is 3. The number of carbonyl (C=O) groups is 1. The third kappa shape index (κ3) is 12.1. The van der Waals surface area contributed by atoms with Gasteiger partial charge in [0.05, 0.1) is 0 Å². The van der Waals surface area contributed by atoms with Crippen LogP contribution in [0.3, 0.4) is 0 Å². The van der Waals surface area contributed by atoms with Gasteiger partial charge >= 0.3 is 0 Å². The molecule has 1 aromatic carbocycles. The number of hydrogen-bond donors (Lipinski definition) is 1. The van der Waals surface area contributed by atoms with Crippen LogP contribution in [0.1, 0.15) is 57.9 Å². The summed E-state index contributed by atoms with van der Waals surface area (Å²) >= 11 is 0. The maximum absolute atomic E-state index is 9.76. The lowest BCUT2D eigenvalue weighted by atomic mass is 9.94. The molecule has 0 aliphatic rings. The highest BCUT2D eigenvalue weighted by Gasteiger charge is 2.05. The molecular formula is C18H30O3. The van der Waals surface area contributed by atoms with Crippen LogP contribution in [-0.2, 0) is 16.1 Å². The minimum absolute atomic E-state index is 0.365. The van der Waals surface area contributed by atoms with Gasteiger partial charge in [0.25, 0.3) is 6.47 Å². The molecule has 0 spiro atoms. The van der Waals surface area contributed by atoms with Crippen LogP contribution in [0.2, 0.25) is 0 Å². The van der Waals surface area contributed by atoms with E-state index < -0.39 is 0 Å². The Kier molecular flexibility index (Phi) is 14.1. The number of carbonyl (C=O) groups excluding carboxylic acids is 1. The third-order valence-electron chi connectivity index (χ3n) is 3.36. The minimum atomic E-state index is 0.365. The zero-order chi connectivity index (χ0) is 15.8. The van der Waals surface area contributed by atoms with Gasteiger partial charge in [-0.3, -0.25) is 4.79 Å². The van der Waals surface area contributed by atoms with Crippen LogP contribution in [0.15, 0.2) is 30.3 Å². The lowest BCUT2D eigenvalue weighted by molar-refractivity contribution is -0.129. The molecule has 0 aromatic heterocycles. The summed E-state index contributed by atoms with van der Waals surface area (Å²) in [4.78, 5) is 9.76. The molecule has 1 rings (SSSR count).